The van der Waals surface area contributed by atoms with Crippen molar-refractivity contribution in [3.8, 4) is 11.5 Å². The van der Waals surface area contributed by atoms with E-state index < -0.39 is 23.6 Å². The summed E-state index contributed by atoms with van der Waals surface area (Å²) in [5, 5.41) is 6.06. The molecule has 0 fully saturated rings. The second-order valence-corrected chi connectivity index (χ2v) is 6.69. The first kappa shape index (κ1) is 23.1. The fraction of sp³-hybridized carbons (Fsp3) is 0.0833. The molecule has 0 heterocycles. The number of ether oxygens (including phenoxy) is 2. The lowest BCUT2D eigenvalue weighted by Crippen LogP contribution is -2.33. The van der Waals surface area contributed by atoms with E-state index in [1.54, 1.807) is 49.4 Å². The van der Waals surface area contributed by atoms with Crippen LogP contribution >= 0.6 is 0 Å². The van der Waals surface area contributed by atoms with Crippen molar-refractivity contribution in [3.05, 3.63) is 89.7 Å². The number of nitrogens with one attached hydrogen (secondary N) is 2. The predicted molar refractivity (Wildman–Crippen MR) is 120 cm³/mol. The molecule has 0 aliphatic rings. The second-order valence-electron chi connectivity index (χ2n) is 6.69. The van der Waals surface area contributed by atoms with Gasteiger partial charge in [-0.1, -0.05) is 30.3 Å². The Morgan fingerprint density at radius 2 is 1.55 bits per heavy atom. The normalized spacial score (nSPS) is 10.8. The molecule has 168 valence electrons. The van der Waals surface area contributed by atoms with Gasteiger partial charge in [-0.2, -0.15) is 5.10 Å². The number of hydrogen-bond acceptors (Lipinski definition) is 6. The van der Waals surface area contributed by atoms with Gasteiger partial charge in [0.1, 0.15) is 5.82 Å². The predicted octanol–water partition coefficient (Wildman–Crippen LogP) is 3.53. The number of para-hydroxylation sites is 1. The molecule has 0 aliphatic heterocycles. The molecule has 0 spiro atoms. The molecule has 3 rings (SSSR count). The highest BCUT2D eigenvalue weighted by Crippen LogP contribution is 2.29. The molecule has 0 aliphatic carbocycles. The summed E-state index contributed by atoms with van der Waals surface area (Å²) in [4.78, 5) is 36.2. The van der Waals surface area contributed by atoms with Crippen LogP contribution in [0.3, 0.4) is 0 Å². The van der Waals surface area contributed by atoms with Crippen molar-refractivity contribution in [1.29, 1.82) is 0 Å². The fourth-order valence-electron chi connectivity index (χ4n) is 2.70. The molecule has 3 aromatic rings. The van der Waals surface area contributed by atoms with Gasteiger partial charge in [-0.25, -0.2) is 14.6 Å². The SMILES string of the molecule is COc1cc(C(C)=NNC(=O)C(=O)Nc2ccccc2F)ccc1OC(=O)c1ccccc1. The third kappa shape index (κ3) is 6.01. The van der Waals surface area contributed by atoms with Gasteiger partial charge in [0.25, 0.3) is 0 Å². The zero-order valence-corrected chi connectivity index (χ0v) is 17.8. The number of amides is 2. The third-order valence-electron chi connectivity index (χ3n) is 4.45. The summed E-state index contributed by atoms with van der Waals surface area (Å²) in [6.07, 6.45) is 0. The van der Waals surface area contributed by atoms with Gasteiger partial charge in [-0.15, -0.1) is 0 Å². The quantitative estimate of drug-likeness (QED) is 0.197. The van der Waals surface area contributed by atoms with Crippen molar-refractivity contribution in [1.82, 2.24) is 5.43 Å². The number of rotatable bonds is 6. The van der Waals surface area contributed by atoms with Crippen molar-refractivity contribution in [2.45, 2.75) is 6.92 Å². The molecule has 0 radical (unpaired) electrons. The Bertz CT molecular complexity index is 1210. The minimum Gasteiger partial charge on any atom is -0.493 e. The van der Waals surface area contributed by atoms with E-state index in [0.717, 1.165) is 6.07 Å². The van der Waals surface area contributed by atoms with Gasteiger partial charge in [0.05, 0.1) is 24.1 Å². The second kappa shape index (κ2) is 10.7. The van der Waals surface area contributed by atoms with Crippen LogP contribution in [0.1, 0.15) is 22.8 Å². The Kier molecular flexibility index (Phi) is 7.48. The lowest BCUT2D eigenvalue weighted by Gasteiger charge is -2.11. The molecule has 0 saturated heterocycles. The van der Waals surface area contributed by atoms with E-state index >= 15 is 0 Å². The summed E-state index contributed by atoms with van der Waals surface area (Å²) in [6.45, 7) is 1.60. The Morgan fingerprint density at radius 3 is 2.24 bits per heavy atom. The number of hydrazone groups is 1. The molecule has 0 saturated carbocycles. The molecule has 9 heteroatoms. The van der Waals surface area contributed by atoms with Crippen molar-refractivity contribution >= 4 is 29.2 Å². The number of esters is 1. The molecule has 0 unspecified atom stereocenters. The van der Waals surface area contributed by atoms with Crippen LogP contribution in [-0.2, 0) is 9.59 Å². The first-order valence-electron chi connectivity index (χ1n) is 9.75. The van der Waals surface area contributed by atoms with Gasteiger partial charge >= 0.3 is 17.8 Å². The number of benzene rings is 3. The number of anilines is 1. The fourth-order valence-corrected chi connectivity index (χ4v) is 2.70. The van der Waals surface area contributed by atoms with Crippen LogP contribution in [0.5, 0.6) is 11.5 Å². The molecule has 0 atom stereocenters. The molecule has 2 amide bonds. The summed E-state index contributed by atoms with van der Waals surface area (Å²) in [6, 6.07) is 18.7. The van der Waals surface area contributed by atoms with Gasteiger partial charge in [-0.3, -0.25) is 9.59 Å². The highest BCUT2D eigenvalue weighted by molar-refractivity contribution is 6.39. The third-order valence-corrected chi connectivity index (χ3v) is 4.45. The summed E-state index contributed by atoms with van der Waals surface area (Å²) < 4.78 is 24.3. The van der Waals surface area contributed by atoms with E-state index in [0.29, 0.717) is 16.8 Å². The van der Waals surface area contributed by atoms with Gasteiger partial charge in [0, 0.05) is 5.56 Å². The van der Waals surface area contributed by atoms with E-state index in [4.69, 9.17) is 9.47 Å². The van der Waals surface area contributed by atoms with Gasteiger partial charge < -0.3 is 14.8 Å². The van der Waals surface area contributed by atoms with E-state index in [9.17, 15) is 18.8 Å². The smallest absolute Gasteiger partial charge is 0.343 e. The molecular weight excluding hydrogens is 429 g/mol. The van der Waals surface area contributed by atoms with Crippen LogP contribution in [0.25, 0.3) is 0 Å². The zero-order chi connectivity index (χ0) is 23.8. The van der Waals surface area contributed by atoms with Gasteiger partial charge in [0.15, 0.2) is 11.5 Å². The van der Waals surface area contributed by atoms with Crippen LogP contribution in [0.2, 0.25) is 0 Å². The maximum Gasteiger partial charge on any atom is 0.343 e. The van der Waals surface area contributed by atoms with E-state index in [-0.39, 0.29) is 17.2 Å². The number of hydrogen-bond donors (Lipinski definition) is 2. The number of carbonyl (C=O) groups excluding carboxylic acids is 3. The number of methoxy groups -OCH3 is 1. The molecule has 2 N–H and O–H groups in total. The van der Waals surface area contributed by atoms with Crippen molar-refractivity contribution in [2.24, 2.45) is 5.10 Å². The molecule has 3 aromatic carbocycles. The number of nitrogens with zero attached hydrogens (tertiary/aromatic N) is 1. The monoisotopic (exact) mass is 449 g/mol. The average Bonchev–Trinajstić information content (AvgIpc) is 2.84. The lowest BCUT2D eigenvalue weighted by atomic mass is 10.1. The maximum absolute atomic E-state index is 13.6. The Labute approximate surface area is 189 Å². The van der Waals surface area contributed by atoms with Crippen LogP contribution < -0.4 is 20.2 Å². The summed E-state index contributed by atoms with van der Waals surface area (Å²) in [7, 11) is 1.42. The van der Waals surface area contributed by atoms with Crippen LogP contribution in [-0.4, -0.2) is 30.6 Å². The molecule has 33 heavy (non-hydrogen) atoms. The minimum absolute atomic E-state index is 0.122. The van der Waals surface area contributed by atoms with Crippen LogP contribution in [0.4, 0.5) is 10.1 Å². The maximum atomic E-state index is 13.6. The lowest BCUT2D eigenvalue weighted by molar-refractivity contribution is -0.136. The first-order valence-corrected chi connectivity index (χ1v) is 9.75. The van der Waals surface area contributed by atoms with Crippen molar-refractivity contribution < 1.29 is 28.2 Å². The minimum atomic E-state index is -1.07. The zero-order valence-electron chi connectivity index (χ0n) is 17.8. The summed E-state index contributed by atoms with van der Waals surface area (Å²) in [5.41, 5.74) is 3.27. The standard InChI is InChI=1S/C24H20FN3O5/c1-15(27-28-23(30)22(29)26-19-11-7-6-10-18(19)25)17-12-13-20(21(14-17)32-2)33-24(31)16-8-4-3-5-9-16/h3-14H,1-2H3,(H,26,29)(H,28,30). The van der Waals surface area contributed by atoms with E-state index in [1.165, 1.54) is 31.4 Å². The van der Waals surface area contributed by atoms with Crippen LogP contribution in [0, 0.1) is 5.82 Å². The first-order chi connectivity index (χ1) is 15.9. The Balaban J connectivity index is 1.67. The van der Waals surface area contributed by atoms with Crippen molar-refractivity contribution in [3.63, 3.8) is 0 Å². The molecular formula is C24H20FN3O5. The van der Waals surface area contributed by atoms with E-state index in [2.05, 4.69) is 15.8 Å². The van der Waals surface area contributed by atoms with Gasteiger partial charge in [0.2, 0.25) is 0 Å². The van der Waals surface area contributed by atoms with Gasteiger partial charge in [-0.05, 0) is 49.4 Å². The van der Waals surface area contributed by atoms with Crippen molar-refractivity contribution in [2.75, 3.05) is 12.4 Å². The summed E-state index contributed by atoms with van der Waals surface area (Å²) >= 11 is 0. The molecule has 8 nitrogen and oxygen atoms in total. The Morgan fingerprint density at radius 1 is 0.848 bits per heavy atom. The average molecular weight is 449 g/mol. The Hall–Kier alpha value is -4.53. The number of halogens is 1. The molecule has 0 bridgehead atoms. The van der Waals surface area contributed by atoms with Crippen LogP contribution in [0.15, 0.2) is 77.9 Å². The molecule has 0 aromatic heterocycles. The highest BCUT2D eigenvalue weighted by Gasteiger charge is 2.16. The topological polar surface area (TPSA) is 106 Å². The summed E-state index contributed by atoms with van der Waals surface area (Å²) in [5.74, 6) is -2.87. The van der Waals surface area contributed by atoms with E-state index in [1.807, 2.05) is 0 Å². The number of carbonyl (C=O) groups is 3. The largest absolute Gasteiger partial charge is 0.493 e. The highest BCUT2D eigenvalue weighted by atomic mass is 19.1.